The third-order valence-corrected chi connectivity index (χ3v) is 3.95. The Bertz CT molecular complexity index is 510. The molecular formula is C14H21N3O3. The molecule has 2 rings (SSSR count). The standard InChI is InChI=1S/C14H21N3O3/c1-3-17-8-12(9(2)16-17)15-13(18)10-6-4-5-7-11(10)14(19)20/h8,10-11H,3-7H2,1-2H3,(H,15,18)(H,19,20). The van der Waals surface area contributed by atoms with Crippen molar-refractivity contribution in [2.24, 2.45) is 11.8 Å². The molecule has 20 heavy (non-hydrogen) atoms. The molecule has 0 bridgehead atoms. The molecule has 0 aliphatic heterocycles. The average Bonchev–Trinajstić information content (AvgIpc) is 2.79. The zero-order valence-corrected chi connectivity index (χ0v) is 11.9. The Morgan fingerprint density at radius 2 is 2.05 bits per heavy atom. The highest BCUT2D eigenvalue weighted by Crippen LogP contribution is 2.31. The monoisotopic (exact) mass is 279 g/mol. The van der Waals surface area contributed by atoms with Gasteiger partial charge in [-0.1, -0.05) is 12.8 Å². The van der Waals surface area contributed by atoms with Crippen molar-refractivity contribution in [1.29, 1.82) is 0 Å². The Labute approximate surface area is 118 Å². The Hall–Kier alpha value is -1.85. The Morgan fingerprint density at radius 1 is 1.40 bits per heavy atom. The summed E-state index contributed by atoms with van der Waals surface area (Å²) in [4.78, 5) is 23.6. The van der Waals surface area contributed by atoms with Gasteiger partial charge < -0.3 is 10.4 Å². The number of aryl methyl sites for hydroxylation is 2. The SMILES string of the molecule is CCn1cc(NC(=O)C2CCCCC2C(=O)O)c(C)n1. The van der Waals surface area contributed by atoms with Crippen molar-refractivity contribution in [2.45, 2.75) is 46.1 Å². The van der Waals surface area contributed by atoms with E-state index in [0.29, 0.717) is 18.5 Å². The molecule has 2 N–H and O–H groups in total. The lowest BCUT2D eigenvalue weighted by Crippen LogP contribution is -2.36. The molecular weight excluding hydrogens is 258 g/mol. The number of carbonyl (C=O) groups excluding carboxylic acids is 1. The van der Waals surface area contributed by atoms with Crippen LogP contribution >= 0.6 is 0 Å². The number of aromatic nitrogens is 2. The van der Waals surface area contributed by atoms with Gasteiger partial charge in [-0.2, -0.15) is 5.10 Å². The van der Waals surface area contributed by atoms with Gasteiger partial charge in [0.1, 0.15) is 0 Å². The highest BCUT2D eigenvalue weighted by molar-refractivity contribution is 5.95. The van der Waals surface area contributed by atoms with E-state index in [4.69, 9.17) is 0 Å². The van der Waals surface area contributed by atoms with Crippen molar-refractivity contribution in [1.82, 2.24) is 9.78 Å². The molecule has 1 amide bonds. The molecule has 1 aliphatic carbocycles. The normalized spacial score (nSPS) is 22.5. The summed E-state index contributed by atoms with van der Waals surface area (Å²) in [5, 5.41) is 16.3. The molecule has 1 saturated carbocycles. The predicted molar refractivity (Wildman–Crippen MR) is 74.4 cm³/mol. The molecule has 0 saturated heterocycles. The van der Waals surface area contributed by atoms with E-state index in [1.807, 2.05) is 13.8 Å². The van der Waals surface area contributed by atoms with E-state index in [0.717, 1.165) is 25.1 Å². The summed E-state index contributed by atoms with van der Waals surface area (Å²) < 4.78 is 1.75. The van der Waals surface area contributed by atoms with Gasteiger partial charge in [-0.05, 0) is 26.7 Å². The molecule has 0 spiro atoms. The zero-order chi connectivity index (χ0) is 14.7. The van der Waals surface area contributed by atoms with Crippen molar-refractivity contribution in [3.8, 4) is 0 Å². The maximum absolute atomic E-state index is 12.3. The van der Waals surface area contributed by atoms with Crippen molar-refractivity contribution >= 4 is 17.6 Å². The summed E-state index contributed by atoms with van der Waals surface area (Å²) in [7, 11) is 0. The van der Waals surface area contributed by atoms with Gasteiger partial charge in [-0.25, -0.2) is 0 Å². The third-order valence-electron chi connectivity index (χ3n) is 3.95. The smallest absolute Gasteiger partial charge is 0.307 e. The molecule has 1 aliphatic rings. The summed E-state index contributed by atoms with van der Waals surface area (Å²) in [6.07, 6.45) is 4.80. The van der Waals surface area contributed by atoms with Gasteiger partial charge in [0, 0.05) is 12.7 Å². The Balaban J connectivity index is 2.09. The Morgan fingerprint density at radius 3 is 2.60 bits per heavy atom. The van der Waals surface area contributed by atoms with Crippen LogP contribution in [-0.2, 0) is 16.1 Å². The molecule has 6 nitrogen and oxygen atoms in total. The maximum Gasteiger partial charge on any atom is 0.307 e. The van der Waals surface area contributed by atoms with Crippen molar-refractivity contribution < 1.29 is 14.7 Å². The summed E-state index contributed by atoms with van der Waals surface area (Å²) >= 11 is 0. The van der Waals surface area contributed by atoms with Crippen LogP contribution in [0.2, 0.25) is 0 Å². The summed E-state index contributed by atoms with van der Waals surface area (Å²) in [5.41, 5.74) is 1.43. The fourth-order valence-electron chi connectivity index (χ4n) is 2.77. The van der Waals surface area contributed by atoms with Crippen molar-refractivity contribution in [3.63, 3.8) is 0 Å². The van der Waals surface area contributed by atoms with Crippen LogP contribution in [0, 0.1) is 18.8 Å². The largest absolute Gasteiger partial charge is 0.481 e. The molecule has 1 aromatic rings. The van der Waals surface area contributed by atoms with E-state index in [9.17, 15) is 14.7 Å². The van der Waals surface area contributed by atoms with Crippen molar-refractivity contribution in [3.05, 3.63) is 11.9 Å². The lowest BCUT2D eigenvalue weighted by molar-refractivity contribution is -0.147. The number of carbonyl (C=O) groups is 2. The first-order valence-corrected chi connectivity index (χ1v) is 7.10. The molecule has 110 valence electrons. The van der Waals surface area contributed by atoms with Gasteiger partial charge in [0.15, 0.2) is 0 Å². The van der Waals surface area contributed by atoms with Crippen LogP contribution < -0.4 is 5.32 Å². The molecule has 1 heterocycles. The molecule has 0 radical (unpaired) electrons. The van der Waals surface area contributed by atoms with Crippen LogP contribution in [0.15, 0.2) is 6.20 Å². The quantitative estimate of drug-likeness (QED) is 0.883. The van der Waals surface area contributed by atoms with Gasteiger partial charge >= 0.3 is 5.97 Å². The number of carboxylic acids is 1. The minimum Gasteiger partial charge on any atom is -0.481 e. The van der Waals surface area contributed by atoms with Gasteiger partial charge in [0.2, 0.25) is 5.91 Å². The third kappa shape index (κ3) is 3.00. The highest BCUT2D eigenvalue weighted by atomic mass is 16.4. The minimum absolute atomic E-state index is 0.198. The zero-order valence-electron chi connectivity index (χ0n) is 11.9. The van der Waals surface area contributed by atoms with E-state index >= 15 is 0 Å². The van der Waals surface area contributed by atoms with Crippen LogP contribution in [0.5, 0.6) is 0 Å². The molecule has 1 aromatic heterocycles. The second-order valence-corrected chi connectivity index (χ2v) is 5.31. The van der Waals surface area contributed by atoms with Crippen molar-refractivity contribution in [2.75, 3.05) is 5.32 Å². The minimum atomic E-state index is -0.870. The number of nitrogens with one attached hydrogen (secondary N) is 1. The molecule has 2 atom stereocenters. The predicted octanol–water partition coefficient (Wildman–Crippen LogP) is 2.04. The second-order valence-electron chi connectivity index (χ2n) is 5.31. The number of rotatable bonds is 4. The summed E-state index contributed by atoms with van der Waals surface area (Å²) in [5.74, 6) is -2.07. The number of carboxylic acid groups (broad SMARTS) is 1. The van der Waals surface area contributed by atoms with E-state index in [1.54, 1.807) is 10.9 Å². The number of amides is 1. The van der Waals surface area contributed by atoms with Crippen LogP contribution in [0.3, 0.4) is 0 Å². The molecule has 1 fully saturated rings. The Kier molecular flexibility index (Phi) is 4.42. The van der Waals surface area contributed by atoms with E-state index in [-0.39, 0.29) is 5.91 Å². The maximum atomic E-state index is 12.3. The number of nitrogens with zero attached hydrogens (tertiary/aromatic N) is 2. The lowest BCUT2D eigenvalue weighted by Gasteiger charge is -2.27. The highest BCUT2D eigenvalue weighted by Gasteiger charge is 2.35. The summed E-state index contributed by atoms with van der Waals surface area (Å²) in [6, 6.07) is 0. The van der Waals surface area contributed by atoms with E-state index in [1.165, 1.54) is 0 Å². The van der Waals surface area contributed by atoms with Gasteiger partial charge in [-0.3, -0.25) is 14.3 Å². The topological polar surface area (TPSA) is 84.2 Å². The second kappa shape index (κ2) is 6.07. The first-order chi connectivity index (χ1) is 9.52. The van der Waals surface area contributed by atoms with Crippen LogP contribution in [-0.4, -0.2) is 26.8 Å². The molecule has 2 unspecified atom stereocenters. The molecule has 6 heteroatoms. The van der Waals surface area contributed by atoms with Gasteiger partial charge in [0.25, 0.3) is 0 Å². The van der Waals surface area contributed by atoms with Crippen LogP contribution in [0.25, 0.3) is 0 Å². The fraction of sp³-hybridized carbons (Fsp3) is 0.643. The van der Waals surface area contributed by atoms with E-state index in [2.05, 4.69) is 10.4 Å². The van der Waals surface area contributed by atoms with Gasteiger partial charge in [-0.15, -0.1) is 0 Å². The first-order valence-electron chi connectivity index (χ1n) is 7.10. The number of hydrogen-bond donors (Lipinski definition) is 2. The lowest BCUT2D eigenvalue weighted by atomic mass is 9.78. The average molecular weight is 279 g/mol. The van der Waals surface area contributed by atoms with Crippen LogP contribution in [0.1, 0.15) is 38.3 Å². The van der Waals surface area contributed by atoms with E-state index < -0.39 is 17.8 Å². The van der Waals surface area contributed by atoms with Crippen LogP contribution in [0.4, 0.5) is 5.69 Å². The number of aliphatic carboxylic acids is 1. The molecule has 0 aromatic carbocycles. The first kappa shape index (κ1) is 14.6. The fourth-order valence-corrected chi connectivity index (χ4v) is 2.77. The summed E-state index contributed by atoms with van der Waals surface area (Å²) in [6.45, 7) is 4.54. The number of hydrogen-bond acceptors (Lipinski definition) is 3. The van der Waals surface area contributed by atoms with Gasteiger partial charge in [0.05, 0.1) is 23.2 Å². The number of anilines is 1.